The first-order valence-corrected chi connectivity index (χ1v) is 8.82. The van der Waals surface area contributed by atoms with Gasteiger partial charge in [-0.1, -0.05) is 40.6 Å². The molecular weight excluding hydrogens is 366 g/mol. The van der Waals surface area contributed by atoms with E-state index in [1.807, 2.05) is 18.2 Å². The second kappa shape index (κ2) is 8.24. The molecule has 7 heteroatoms. The molecular formula is C15H18BrN3O2S. The molecule has 1 heterocycles. The molecule has 2 amide bonds. The van der Waals surface area contributed by atoms with Gasteiger partial charge >= 0.3 is 0 Å². The molecule has 0 atom stereocenters. The number of amides is 2. The van der Waals surface area contributed by atoms with Crippen molar-refractivity contribution >= 4 is 54.4 Å². The van der Waals surface area contributed by atoms with Gasteiger partial charge in [-0.05, 0) is 24.6 Å². The zero-order valence-corrected chi connectivity index (χ0v) is 14.7. The molecule has 2 rings (SSSR count). The first kappa shape index (κ1) is 16.9. The maximum absolute atomic E-state index is 11.9. The summed E-state index contributed by atoms with van der Waals surface area (Å²) in [6.45, 7) is 2.74. The van der Waals surface area contributed by atoms with E-state index in [1.54, 1.807) is 0 Å². The number of thiazole rings is 1. The molecule has 0 aliphatic rings. The maximum Gasteiger partial charge on any atom is 0.226 e. The lowest BCUT2D eigenvalue weighted by Crippen LogP contribution is -2.25. The van der Waals surface area contributed by atoms with Crippen LogP contribution < -0.4 is 10.6 Å². The van der Waals surface area contributed by atoms with Gasteiger partial charge in [0.25, 0.3) is 0 Å². The minimum atomic E-state index is -0.191. The average molecular weight is 384 g/mol. The fraction of sp³-hybridized carbons (Fsp3) is 0.400. The van der Waals surface area contributed by atoms with Gasteiger partial charge in [-0.25, -0.2) is 4.98 Å². The molecule has 0 aliphatic carbocycles. The number of aromatic nitrogens is 1. The third-order valence-corrected chi connectivity index (χ3v) is 4.46. The van der Waals surface area contributed by atoms with Crippen LogP contribution in [0.15, 0.2) is 22.7 Å². The summed E-state index contributed by atoms with van der Waals surface area (Å²) in [6, 6.07) is 5.77. The van der Waals surface area contributed by atoms with Crippen molar-refractivity contribution in [3.05, 3.63) is 22.7 Å². The maximum atomic E-state index is 11.9. The predicted molar refractivity (Wildman–Crippen MR) is 93.1 cm³/mol. The predicted octanol–water partition coefficient (Wildman–Crippen LogP) is 3.69. The zero-order chi connectivity index (χ0) is 15.9. The van der Waals surface area contributed by atoms with E-state index in [1.165, 1.54) is 11.3 Å². The Kier molecular flexibility index (Phi) is 6.33. The number of benzene rings is 1. The molecule has 1 aromatic heterocycles. The molecule has 0 saturated carbocycles. The van der Waals surface area contributed by atoms with Crippen LogP contribution in [0.4, 0.5) is 5.13 Å². The van der Waals surface area contributed by atoms with E-state index in [4.69, 9.17) is 0 Å². The summed E-state index contributed by atoms with van der Waals surface area (Å²) in [4.78, 5) is 27.7. The highest BCUT2D eigenvalue weighted by molar-refractivity contribution is 9.10. The van der Waals surface area contributed by atoms with E-state index >= 15 is 0 Å². The first-order valence-electron chi connectivity index (χ1n) is 7.21. The number of nitrogens with zero attached hydrogens (tertiary/aromatic N) is 1. The zero-order valence-electron chi connectivity index (χ0n) is 12.3. The molecule has 5 nitrogen and oxygen atoms in total. The summed E-state index contributed by atoms with van der Waals surface area (Å²) < 4.78 is 1.98. The van der Waals surface area contributed by atoms with Crippen LogP contribution in [-0.2, 0) is 9.59 Å². The Morgan fingerprint density at radius 3 is 2.82 bits per heavy atom. The quantitative estimate of drug-likeness (QED) is 0.716. The van der Waals surface area contributed by atoms with Crippen molar-refractivity contribution in [2.75, 3.05) is 11.9 Å². The normalized spacial score (nSPS) is 10.6. The van der Waals surface area contributed by atoms with Crippen LogP contribution in [0, 0.1) is 0 Å². The first-order chi connectivity index (χ1) is 10.6. The van der Waals surface area contributed by atoms with E-state index in [0.717, 1.165) is 27.5 Å². The minimum Gasteiger partial charge on any atom is -0.356 e. The van der Waals surface area contributed by atoms with Crippen molar-refractivity contribution in [2.24, 2.45) is 0 Å². The molecule has 0 unspecified atom stereocenters. The number of fused-ring (bicyclic) bond motifs is 1. The van der Waals surface area contributed by atoms with Gasteiger partial charge in [-0.3, -0.25) is 9.59 Å². The lowest BCUT2D eigenvalue weighted by Gasteiger charge is -2.04. The number of hydrogen-bond acceptors (Lipinski definition) is 4. The lowest BCUT2D eigenvalue weighted by molar-refractivity contribution is -0.124. The summed E-state index contributed by atoms with van der Waals surface area (Å²) in [7, 11) is 0. The summed E-state index contributed by atoms with van der Waals surface area (Å²) in [6.07, 6.45) is 2.36. The van der Waals surface area contributed by atoms with E-state index in [-0.39, 0.29) is 24.7 Å². The van der Waals surface area contributed by atoms with Crippen molar-refractivity contribution in [3.63, 3.8) is 0 Å². The summed E-state index contributed by atoms with van der Waals surface area (Å²) in [5, 5.41) is 6.10. The van der Waals surface area contributed by atoms with Gasteiger partial charge in [-0.2, -0.15) is 0 Å². The van der Waals surface area contributed by atoms with Crippen LogP contribution in [0.3, 0.4) is 0 Å². The topological polar surface area (TPSA) is 71.1 Å². The molecule has 2 aromatic rings. The number of halogens is 1. The van der Waals surface area contributed by atoms with Crippen LogP contribution in [0.5, 0.6) is 0 Å². The van der Waals surface area contributed by atoms with Gasteiger partial charge < -0.3 is 10.6 Å². The van der Waals surface area contributed by atoms with Crippen molar-refractivity contribution in [3.8, 4) is 0 Å². The molecule has 0 fully saturated rings. The van der Waals surface area contributed by atoms with Crippen LogP contribution in [0.2, 0.25) is 0 Å². The fourth-order valence-electron chi connectivity index (χ4n) is 1.85. The van der Waals surface area contributed by atoms with Crippen molar-refractivity contribution in [1.82, 2.24) is 10.3 Å². The second-order valence-corrected chi connectivity index (χ2v) is 6.83. The Bertz CT molecular complexity index is 672. The highest BCUT2D eigenvalue weighted by atomic mass is 79.9. The van der Waals surface area contributed by atoms with Gasteiger partial charge in [-0.15, -0.1) is 0 Å². The number of carbonyl (C=O) groups is 2. The van der Waals surface area contributed by atoms with Gasteiger partial charge in [0.2, 0.25) is 11.8 Å². The smallest absolute Gasteiger partial charge is 0.226 e. The number of anilines is 1. The van der Waals surface area contributed by atoms with Crippen molar-refractivity contribution < 1.29 is 9.59 Å². The van der Waals surface area contributed by atoms with Crippen molar-refractivity contribution in [2.45, 2.75) is 32.6 Å². The third kappa shape index (κ3) is 5.06. The Morgan fingerprint density at radius 2 is 2.05 bits per heavy atom. The molecule has 118 valence electrons. The number of hydrogen-bond donors (Lipinski definition) is 2. The highest BCUT2D eigenvalue weighted by Crippen LogP contribution is 2.28. The van der Waals surface area contributed by atoms with Gasteiger partial charge in [0.15, 0.2) is 5.13 Å². The largest absolute Gasteiger partial charge is 0.356 e. The molecule has 0 spiro atoms. The van der Waals surface area contributed by atoms with Crippen LogP contribution in [-0.4, -0.2) is 23.3 Å². The fourth-order valence-corrected chi connectivity index (χ4v) is 3.29. The summed E-state index contributed by atoms with van der Waals surface area (Å²) in [5.41, 5.74) is 0.848. The van der Waals surface area contributed by atoms with Gasteiger partial charge in [0.05, 0.1) is 10.2 Å². The minimum absolute atomic E-state index is 0.0863. The number of unbranched alkanes of at least 4 members (excludes halogenated alkanes) is 1. The van der Waals surface area contributed by atoms with E-state index in [2.05, 4.69) is 38.5 Å². The van der Waals surface area contributed by atoms with Crippen LogP contribution in [0.1, 0.15) is 32.6 Å². The van der Waals surface area contributed by atoms with Crippen LogP contribution >= 0.6 is 27.3 Å². The molecule has 1 aromatic carbocycles. The summed E-state index contributed by atoms with van der Waals surface area (Å²) >= 11 is 4.82. The monoisotopic (exact) mass is 383 g/mol. The van der Waals surface area contributed by atoms with Gasteiger partial charge in [0.1, 0.15) is 0 Å². The molecule has 2 N–H and O–H groups in total. The second-order valence-electron chi connectivity index (χ2n) is 4.88. The third-order valence-electron chi connectivity index (χ3n) is 3.03. The Morgan fingerprint density at radius 1 is 1.27 bits per heavy atom. The summed E-state index contributed by atoms with van der Waals surface area (Å²) in [5.74, 6) is -0.277. The molecule has 0 bridgehead atoms. The number of nitrogens with one attached hydrogen (secondary N) is 2. The molecule has 0 saturated heterocycles. The Hall–Kier alpha value is -1.47. The van der Waals surface area contributed by atoms with E-state index in [0.29, 0.717) is 11.7 Å². The SMILES string of the molecule is CCCCNC(=O)CCC(=O)Nc1nc2ccc(Br)cc2s1. The standard InChI is InChI=1S/C15H18BrN3O2S/c1-2-3-8-17-13(20)6-7-14(21)19-15-18-11-5-4-10(16)9-12(11)22-15/h4-5,9H,2-3,6-8H2,1H3,(H,17,20)(H,18,19,21). The Labute approximate surface area is 141 Å². The van der Waals surface area contributed by atoms with Crippen molar-refractivity contribution in [1.29, 1.82) is 0 Å². The molecule has 0 radical (unpaired) electrons. The van der Waals surface area contributed by atoms with E-state index in [9.17, 15) is 9.59 Å². The van der Waals surface area contributed by atoms with Crippen LogP contribution in [0.25, 0.3) is 10.2 Å². The van der Waals surface area contributed by atoms with Gasteiger partial charge in [0, 0.05) is 23.9 Å². The van der Waals surface area contributed by atoms with E-state index < -0.39 is 0 Å². The lowest BCUT2D eigenvalue weighted by atomic mass is 10.2. The number of carbonyl (C=O) groups excluding carboxylic acids is 2. The molecule has 22 heavy (non-hydrogen) atoms. The number of rotatable bonds is 7. The highest BCUT2D eigenvalue weighted by Gasteiger charge is 2.10. The molecule has 0 aliphatic heterocycles. The average Bonchev–Trinajstić information content (AvgIpc) is 2.86. The Balaban J connectivity index is 1.82.